The number of aryl methyl sites for hydroxylation is 1. The van der Waals surface area contributed by atoms with Gasteiger partial charge in [0.2, 0.25) is 0 Å². The maximum Gasteiger partial charge on any atom is 0.0694 e. The minimum Gasteiger partial charge on any atom is -0.316 e. The van der Waals surface area contributed by atoms with E-state index in [9.17, 15) is 0 Å². The molecule has 0 spiro atoms. The summed E-state index contributed by atoms with van der Waals surface area (Å²) >= 11 is 6.09. The molecule has 2 aromatic rings. The monoisotopic (exact) mass is 277 g/mol. The van der Waals surface area contributed by atoms with Gasteiger partial charge in [-0.2, -0.15) is 5.10 Å². The Balaban J connectivity index is 2.58. The predicted octanol–water partition coefficient (Wildman–Crippen LogP) is 3.42. The molecule has 2 rings (SSSR count). The third-order valence-corrected chi connectivity index (χ3v) is 3.67. The molecule has 3 nitrogen and oxygen atoms in total. The Kier molecular flexibility index (Phi) is 4.27. The highest BCUT2D eigenvalue weighted by molar-refractivity contribution is 6.30. The van der Waals surface area contributed by atoms with Crippen molar-refractivity contribution in [2.75, 3.05) is 7.05 Å². The van der Waals surface area contributed by atoms with Crippen LogP contribution in [-0.4, -0.2) is 16.8 Å². The average Bonchev–Trinajstić information content (AvgIpc) is 2.65. The van der Waals surface area contributed by atoms with E-state index < -0.39 is 0 Å². The molecule has 1 aromatic carbocycles. The first kappa shape index (κ1) is 14.1. The van der Waals surface area contributed by atoms with Crippen molar-refractivity contribution in [2.45, 2.75) is 33.7 Å². The molecule has 0 aliphatic rings. The fourth-order valence-corrected chi connectivity index (χ4v) is 2.71. The van der Waals surface area contributed by atoms with Crippen LogP contribution in [0, 0.1) is 13.8 Å². The van der Waals surface area contributed by atoms with E-state index in [1.165, 1.54) is 11.3 Å². The van der Waals surface area contributed by atoms with Crippen LogP contribution in [0.25, 0.3) is 5.69 Å². The van der Waals surface area contributed by atoms with Crippen LogP contribution in [0.4, 0.5) is 0 Å². The molecule has 0 unspecified atom stereocenters. The predicted molar refractivity (Wildman–Crippen MR) is 80.2 cm³/mol. The standard InChI is InChI=1S/C15H20ClN3/c1-5-14-10(2)18-19(11(14)3)15-7-6-13(16)8-12(15)9-17-4/h6-8,17H,5,9H2,1-4H3. The highest BCUT2D eigenvalue weighted by Crippen LogP contribution is 2.23. The molecule has 1 heterocycles. The minimum atomic E-state index is 0.756. The van der Waals surface area contributed by atoms with Crippen molar-refractivity contribution < 1.29 is 0 Å². The van der Waals surface area contributed by atoms with Crippen molar-refractivity contribution in [3.05, 3.63) is 45.7 Å². The molecule has 0 bridgehead atoms. The highest BCUT2D eigenvalue weighted by Gasteiger charge is 2.13. The van der Waals surface area contributed by atoms with Crippen molar-refractivity contribution in [3.63, 3.8) is 0 Å². The van der Waals surface area contributed by atoms with E-state index in [0.717, 1.165) is 34.9 Å². The van der Waals surface area contributed by atoms with Crippen molar-refractivity contribution >= 4 is 11.6 Å². The Morgan fingerprint density at radius 1 is 1.32 bits per heavy atom. The quantitative estimate of drug-likeness (QED) is 0.928. The number of benzene rings is 1. The molecule has 102 valence electrons. The molecule has 19 heavy (non-hydrogen) atoms. The van der Waals surface area contributed by atoms with Crippen LogP contribution in [0.1, 0.15) is 29.4 Å². The van der Waals surface area contributed by atoms with Gasteiger partial charge in [-0.1, -0.05) is 18.5 Å². The third kappa shape index (κ3) is 2.67. The second kappa shape index (κ2) is 5.76. The van der Waals surface area contributed by atoms with Gasteiger partial charge in [-0.3, -0.25) is 0 Å². The lowest BCUT2D eigenvalue weighted by Crippen LogP contribution is -2.10. The van der Waals surface area contributed by atoms with Crippen LogP contribution in [0.5, 0.6) is 0 Å². The molecule has 1 aromatic heterocycles. The Morgan fingerprint density at radius 2 is 2.05 bits per heavy atom. The van der Waals surface area contributed by atoms with Crippen LogP contribution in [0.3, 0.4) is 0 Å². The summed E-state index contributed by atoms with van der Waals surface area (Å²) in [5.74, 6) is 0. The van der Waals surface area contributed by atoms with Crippen LogP contribution < -0.4 is 5.32 Å². The normalized spacial score (nSPS) is 11.0. The van der Waals surface area contributed by atoms with E-state index in [-0.39, 0.29) is 0 Å². The number of rotatable bonds is 4. The van der Waals surface area contributed by atoms with Crippen LogP contribution in [-0.2, 0) is 13.0 Å². The fourth-order valence-electron chi connectivity index (χ4n) is 2.51. The summed E-state index contributed by atoms with van der Waals surface area (Å²) in [5, 5.41) is 8.60. The lowest BCUT2D eigenvalue weighted by atomic mass is 10.1. The van der Waals surface area contributed by atoms with Gasteiger partial charge in [0.25, 0.3) is 0 Å². The Hall–Kier alpha value is -1.32. The molecule has 0 fully saturated rings. The van der Waals surface area contributed by atoms with Gasteiger partial charge < -0.3 is 5.32 Å². The summed E-state index contributed by atoms with van der Waals surface area (Å²) in [6.07, 6.45) is 1.01. The lowest BCUT2D eigenvalue weighted by molar-refractivity contribution is 0.775. The Labute approximate surface area is 119 Å². The topological polar surface area (TPSA) is 29.9 Å². The van der Waals surface area contributed by atoms with Crippen molar-refractivity contribution in [3.8, 4) is 5.69 Å². The smallest absolute Gasteiger partial charge is 0.0694 e. The maximum atomic E-state index is 6.09. The number of halogens is 1. The number of hydrogen-bond acceptors (Lipinski definition) is 2. The average molecular weight is 278 g/mol. The first-order valence-electron chi connectivity index (χ1n) is 6.57. The van der Waals surface area contributed by atoms with E-state index in [2.05, 4.69) is 31.2 Å². The molecule has 0 aliphatic heterocycles. The SMILES string of the molecule is CCc1c(C)nn(-c2ccc(Cl)cc2CNC)c1C. The fraction of sp³-hybridized carbons (Fsp3) is 0.400. The highest BCUT2D eigenvalue weighted by atomic mass is 35.5. The van der Waals surface area contributed by atoms with E-state index in [0.29, 0.717) is 0 Å². The molecule has 1 N–H and O–H groups in total. The van der Waals surface area contributed by atoms with E-state index in [1.54, 1.807) is 0 Å². The summed E-state index contributed by atoms with van der Waals surface area (Å²) in [5.41, 5.74) is 5.89. The number of nitrogens with zero attached hydrogens (tertiary/aromatic N) is 2. The number of nitrogens with one attached hydrogen (secondary N) is 1. The zero-order chi connectivity index (χ0) is 14.0. The summed E-state index contributed by atoms with van der Waals surface area (Å²) < 4.78 is 2.02. The van der Waals surface area contributed by atoms with Crippen molar-refractivity contribution in [1.82, 2.24) is 15.1 Å². The molecule has 0 radical (unpaired) electrons. The molecular formula is C15H20ClN3. The summed E-state index contributed by atoms with van der Waals surface area (Å²) in [6.45, 7) is 7.13. The van der Waals surface area contributed by atoms with E-state index in [4.69, 9.17) is 11.6 Å². The molecule has 0 saturated heterocycles. The van der Waals surface area contributed by atoms with Gasteiger partial charge >= 0.3 is 0 Å². The number of aromatic nitrogens is 2. The Bertz CT molecular complexity index is 587. The molecule has 0 atom stereocenters. The molecular weight excluding hydrogens is 258 g/mol. The van der Waals surface area contributed by atoms with Gasteiger partial charge in [0.1, 0.15) is 0 Å². The van der Waals surface area contributed by atoms with E-state index >= 15 is 0 Å². The maximum absolute atomic E-state index is 6.09. The molecule has 4 heteroatoms. The largest absolute Gasteiger partial charge is 0.316 e. The second-order valence-electron chi connectivity index (χ2n) is 4.72. The van der Waals surface area contributed by atoms with Crippen molar-refractivity contribution in [2.24, 2.45) is 0 Å². The molecule has 0 saturated carbocycles. The Morgan fingerprint density at radius 3 is 2.63 bits per heavy atom. The van der Waals surface area contributed by atoms with Crippen LogP contribution >= 0.6 is 11.6 Å². The van der Waals surface area contributed by atoms with Gasteiger partial charge in [-0.25, -0.2) is 4.68 Å². The van der Waals surface area contributed by atoms with Gasteiger partial charge in [0.15, 0.2) is 0 Å². The van der Waals surface area contributed by atoms with Gasteiger partial charge in [-0.05, 0) is 56.6 Å². The van der Waals surface area contributed by atoms with Gasteiger partial charge in [0, 0.05) is 17.3 Å². The second-order valence-corrected chi connectivity index (χ2v) is 5.15. The first-order valence-corrected chi connectivity index (χ1v) is 6.94. The van der Waals surface area contributed by atoms with Crippen LogP contribution in [0.15, 0.2) is 18.2 Å². The minimum absolute atomic E-state index is 0.756. The van der Waals surface area contributed by atoms with Gasteiger partial charge in [0.05, 0.1) is 11.4 Å². The van der Waals surface area contributed by atoms with Crippen LogP contribution in [0.2, 0.25) is 5.02 Å². The van der Waals surface area contributed by atoms with Crippen molar-refractivity contribution in [1.29, 1.82) is 0 Å². The first-order chi connectivity index (χ1) is 9.08. The summed E-state index contributed by atoms with van der Waals surface area (Å²) in [7, 11) is 1.93. The number of hydrogen-bond donors (Lipinski definition) is 1. The summed E-state index contributed by atoms with van der Waals surface area (Å²) in [4.78, 5) is 0. The lowest BCUT2D eigenvalue weighted by Gasteiger charge is -2.12. The third-order valence-electron chi connectivity index (χ3n) is 3.43. The van der Waals surface area contributed by atoms with Gasteiger partial charge in [-0.15, -0.1) is 0 Å². The zero-order valence-corrected chi connectivity index (χ0v) is 12.7. The molecule has 0 amide bonds. The van der Waals surface area contributed by atoms with E-state index in [1.807, 2.05) is 29.9 Å². The summed E-state index contributed by atoms with van der Waals surface area (Å²) in [6, 6.07) is 5.95. The zero-order valence-electron chi connectivity index (χ0n) is 11.9. The molecule has 0 aliphatic carbocycles.